The average molecular weight is 220 g/mol. The van der Waals surface area contributed by atoms with Gasteiger partial charge in [-0.15, -0.1) is 6.42 Å². The van der Waals surface area contributed by atoms with Crippen molar-refractivity contribution in [2.75, 3.05) is 25.5 Å². The Morgan fingerprint density at radius 3 is 3.00 bits per heavy atom. The first kappa shape index (κ1) is 12.2. The SMILES string of the molecule is C#CCN(C)CC(=O)Nc1cccc(F)c1. The highest BCUT2D eigenvalue weighted by molar-refractivity contribution is 5.92. The standard InChI is InChI=1S/C12H13FN2O/c1-3-7-15(2)9-12(16)14-11-6-4-5-10(13)8-11/h1,4-6,8H,7,9H2,2H3,(H,14,16). The van der Waals surface area contributed by atoms with Crippen LogP contribution in [0.3, 0.4) is 0 Å². The summed E-state index contributed by atoms with van der Waals surface area (Å²) in [4.78, 5) is 13.2. The van der Waals surface area contributed by atoms with E-state index in [9.17, 15) is 9.18 Å². The lowest BCUT2D eigenvalue weighted by molar-refractivity contribution is -0.116. The molecule has 0 bridgehead atoms. The van der Waals surface area contributed by atoms with Crippen molar-refractivity contribution < 1.29 is 9.18 Å². The molecule has 0 aliphatic heterocycles. The predicted molar refractivity (Wildman–Crippen MR) is 61.4 cm³/mol. The molecule has 0 spiro atoms. The number of hydrogen-bond acceptors (Lipinski definition) is 2. The van der Waals surface area contributed by atoms with E-state index in [1.54, 1.807) is 18.0 Å². The van der Waals surface area contributed by atoms with Crippen molar-refractivity contribution in [3.63, 3.8) is 0 Å². The summed E-state index contributed by atoms with van der Waals surface area (Å²) in [5.41, 5.74) is 0.444. The molecule has 0 saturated heterocycles. The van der Waals surface area contributed by atoms with Gasteiger partial charge >= 0.3 is 0 Å². The second-order valence-electron chi connectivity index (χ2n) is 3.43. The highest BCUT2D eigenvalue weighted by Gasteiger charge is 2.05. The maximum Gasteiger partial charge on any atom is 0.238 e. The van der Waals surface area contributed by atoms with Crippen LogP contribution in [0.25, 0.3) is 0 Å². The molecule has 0 heterocycles. The lowest BCUT2D eigenvalue weighted by atomic mass is 10.3. The zero-order chi connectivity index (χ0) is 12.0. The number of benzene rings is 1. The summed E-state index contributed by atoms with van der Waals surface area (Å²) in [7, 11) is 1.74. The predicted octanol–water partition coefficient (Wildman–Crippen LogP) is 1.33. The molecule has 3 nitrogen and oxygen atoms in total. The monoisotopic (exact) mass is 220 g/mol. The molecule has 1 N–H and O–H groups in total. The van der Waals surface area contributed by atoms with Gasteiger partial charge in [-0.1, -0.05) is 12.0 Å². The Bertz CT molecular complexity index is 412. The summed E-state index contributed by atoms with van der Waals surface area (Å²) in [5, 5.41) is 2.58. The molecule has 0 saturated carbocycles. The van der Waals surface area contributed by atoms with Gasteiger partial charge in [0.25, 0.3) is 0 Å². The van der Waals surface area contributed by atoms with Gasteiger partial charge in [-0.05, 0) is 25.2 Å². The minimum absolute atomic E-state index is 0.181. The fraction of sp³-hybridized carbons (Fsp3) is 0.250. The van der Waals surface area contributed by atoms with E-state index in [4.69, 9.17) is 6.42 Å². The number of likely N-dealkylation sites (N-methyl/N-ethyl adjacent to an activating group) is 1. The van der Waals surface area contributed by atoms with E-state index >= 15 is 0 Å². The number of carbonyl (C=O) groups excluding carboxylic acids is 1. The van der Waals surface area contributed by atoms with Crippen LogP contribution < -0.4 is 5.32 Å². The van der Waals surface area contributed by atoms with E-state index in [0.29, 0.717) is 12.2 Å². The Morgan fingerprint density at radius 2 is 2.38 bits per heavy atom. The number of nitrogens with zero attached hydrogens (tertiary/aromatic N) is 1. The molecule has 16 heavy (non-hydrogen) atoms. The quantitative estimate of drug-likeness (QED) is 0.776. The summed E-state index contributed by atoms with van der Waals surface area (Å²) in [6, 6.07) is 5.75. The maximum absolute atomic E-state index is 12.8. The molecule has 0 aliphatic carbocycles. The number of halogens is 1. The fourth-order valence-corrected chi connectivity index (χ4v) is 1.22. The van der Waals surface area contributed by atoms with Gasteiger partial charge < -0.3 is 5.32 Å². The van der Waals surface area contributed by atoms with Gasteiger partial charge in [-0.25, -0.2) is 4.39 Å². The minimum atomic E-state index is -0.380. The molecule has 0 radical (unpaired) electrons. The number of nitrogens with one attached hydrogen (secondary N) is 1. The van der Waals surface area contributed by atoms with Crippen molar-refractivity contribution in [2.24, 2.45) is 0 Å². The van der Waals surface area contributed by atoms with Crippen molar-refractivity contribution in [2.45, 2.75) is 0 Å². The molecule has 0 unspecified atom stereocenters. The molecule has 1 amide bonds. The van der Waals surface area contributed by atoms with Gasteiger partial charge in [-0.3, -0.25) is 9.69 Å². The lowest BCUT2D eigenvalue weighted by Crippen LogP contribution is -2.30. The van der Waals surface area contributed by atoms with Crippen LogP contribution in [0.2, 0.25) is 0 Å². The molecule has 4 heteroatoms. The van der Waals surface area contributed by atoms with Crippen molar-refractivity contribution in [3.8, 4) is 12.3 Å². The molecule has 1 aromatic rings. The van der Waals surface area contributed by atoms with Crippen molar-refractivity contribution in [3.05, 3.63) is 30.1 Å². The molecule has 1 rings (SSSR count). The van der Waals surface area contributed by atoms with Crippen LogP contribution in [0.5, 0.6) is 0 Å². The number of hydrogen-bond donors (Lipinski definition) is 1. The first-order chi connectivity index (χ1) is 7.61. The second-order valence-corrected chi connectivity index (χ2v) is 3.43. The highest BCUT2D eigenvalue weighted by atomic mass is 19.1. The third-order valence-electron chi connectivity index (χ3n) is 1.88. The summed E-state index contributed by atoms with van der Waals surface area (Å²) < 4.78 is 12.8. The van der Waals surface area contributed by atoms with Gasteiger partial charge in [0.1, 0.15) is 5.82 Å². The minimum Gasteiger partial charge on any atom is -0.325 e. The zero-order valence-electron chi connectivity index (χ0n) is 9.03. The molecular formula is C12H13FN2O. The first-order valence-electron chi connectivity index (χ1n) is 4.79. The molecule has 84 valence electrons. The Hall–Kier alpha value is -1.86. The van der Waals surface area contributed by atoms with E-state index in [0.717, 1.165) is 0 Å². The van der Waals surface area contributed by atoms with Gasteiger partial charge in [0.15, 0.2) is 0 Å². The van der Waals surface area contributed by atoms with Crippen LogP contribution in [0.4, 0.5) is 10.1 Å². The van der Waals surface area contributed by atoms with E-state index in [2.05, 4.69) is 11.2 Å². The summed E-state index contributed by atoms with van der Waals surface area (Å²) in [5.74, 6) is 1.83. The van der Waals surface area contributed by atoms with E-state index in [1.165, 1.54) is 18.2 Å². The van der Waals surface area contributed by atoms with Crippen LogP contribution >= 0.6 is 0 Å². The largest absolute Gasteiger partial charge is 0.325 e. The third-order valence-corrected chi connectivity index (χ3v) is 1.88. The highest BCUT2D eigenvalue weighted by Crippen LogP contribution is 2.08. The molecular weight excluding hydrogens is 207 g/mol. The number of carbonyl (C=O) groups is 1. The lowest BCUT2D eigenvalue weighted by Gasteiger charge is -2.12. The van der Waals surface area contributed by atoms with E-state index in [1.807, 2.05) is 0 Å². The number of terminal acetylenes is 1. The summed E-state index contributed by atoms with van der Waals surface area (Å²) in [6.45, 7) is 0.581. The van der Waals surface area contributed by atoms with Crippen LogP contribution in [-0.4, -0.2) is 30.9 Å². The van der Waals surface area contributed by atoms with Crippen LogP contribution in [-0.2, 0) is 4.79 Å². The van der Waals surface area contributed by atoms with E-state index in [-0.39, 0.29) is 18.3 Å². The van der Waals surface area contributed by atoms with Crippen LogP contribution in [0.1, 0.15) is 0 Å². The number of amides is 1. The molecule has 0 aliphatic rings. The fourth-order valence-electron chi connectivity index (χ4n) is 1.22. The van der Waals surface area contributed by atoms with Gasteiger partial charge in [0, 0.05) is 5.69 Å². The normalized spacial score (nSPS) is 9.88. The molecule has 0 atom stereocenters. The van der Waals surface area contributed by atoms with Crippen LogP contribution in [0, 0.1) is 18.2 Å². The molecule has 0 aromatic heterocycles. The Labute approximate surface area is 94.3 Å². The maximum atomic E-state index is 12.8. The Kier molecular flexibility index (Phi) is 4.49. The Morgan fingerprint density at radius 1 is 1.62 bits per heavy atom. The zero-order valence-corrected chi connectivity index (χ0v) is 9.03. The molecule has 0 fully saturated rings. The first-order valence-corrected chi connectivity index (χ1v) is 4.79. The summed E-state index contributed by atoms with van der Waals surface area (Å²) >= 11 is 0. The Balaban J connectivity index is 2.49. The molecule has 1 aromatic carbocycles. The van der Waals surface area contributed by atoms with Crippen molar-refractivity contribution >= 4 is 11.6 Å². The average Bonchev–Trinajstić information content (AvgIpc) is 2.17. The summed E-state index contributed by atoms with van der Waals surface area (Å²) in [6.07, 6.45) is 5.10. The smallest absolute Gasteiger partial charge is 0.238 e. The second kappa shape index (κ2) is 5.89. The van der Waals surface area contributed by atoms with Crippen molar-refractivity contribution in [1.29, 1.82) is 0 Å². The number of anilines is 1. The van der Waals surface area contributed by atoms with Crippen molar-refractivity contribution in [1.82, 2.24) is 4.90 Å². The third kappa shape index (κ3) is 4.11. The topological polar surface area (TPSA) is 32.3 Å². The van der Waals surface area contributed by atoms with Gasteiger partial charge in [0.05, 0.1) is 13.1 Å². The number of rotatable bonds is 4. The van der Waals surface area contributed by atoms with Crippen LogP contribution in [0.15, 0.2) is 24.3 Å². The van der Waals surface area contributed by atoms with E-state index < -0.39 is 0 Å². The van der Waals surface area contributed by atoms with Gasteiger partial charge in [0.2, 0.25) is 5.91 Å². The van der Waals surface area contributed by atoms with Gasteiger partial charge in [-0.2, -0.15) is 0 Å².